The second kappa shape index (κ2) is 8.89. The number of fused-ring (bicyclic) bond motifs is 9. The van der Waals surface area contributed by atoms with E-state index in [9.17, 15) is 0 Å². The summed E-state index contributed by atoms with van der Waals surface area (Å²) in [6.07, 6.45) is 0. The van der Waals surface area contributed by atoms with Gasteiger partial charge in [0, 0.05) is 0 Å². The lowest BCUT2D eigenvalue weighted by Gasteiger charge is -2.13. The molecule has 9 aromatic rings. The second-order valence-corrected chi connectivity index (χ2v) is 12.0. The largest absolute Gasteiger partial charge is 0.0616 e. The molecule has 0 aromatic heterocycles. The summed E-state index contributed by atoms with van der Waals surface area (Å²) >= 11 is 0. The molecule has 0 atom stereocenters. The molecule has 0 fully saturated rings. The first-order chi connectivity index (χ1) is 21.8. The standard InChI is InChI=1S/C44H26/c1-3-10-30-27(8-1)18-21-36-32(12-5-13-33(30)36)29-20-23-39-42-25-24-38(40-16-7-17-41(44(40)42)43(39)26-29)35-15-6-14-34-31-11-4-2-9-28(31)19-22-37(34)35/h1-26H. The Morgan fingerprint density at radius 2 is 0.727 bits per heavy atom. The summed E-state index contributed by atoms with van der Waals surface area (Å²) in [6.45, 7) is 0. The van der Waals surface area contributed by atoms with E-state index < -0.39 is 0 Å². The molecule has 202 valence electrons. The predicted molar refractivity (Wildman–Crippen MR) is 189 cm³/mol. The predicted octanol–water partition coefficient (Wildman–Crippen LogP) is 12.4. The van der Waals surface area contributed by atoms with E-state index >= 15 is 0 Å². The zero-order chi connectivity index (χ0) is 28.8. The summed E-state index contributed by atoms with van der Waals surface area (Å²) in [6, 6.07) is 58.5. The highest BCUT2D eigenvalue weighted by Gasteiger charge is 2.24. The molecule has 0 aliphatic heterocycles. The summed E-state index contributed by atoms with van der Waals surface area (Å²) in [7, 11) is 0. The minimum atomic E-state index is 1.26. The Hall–Kier alpha value is -5.72. The van der Waals surface area contributed by atoms with Crippen molar-refractivity contribution >= 4 is 53.9 Å². The molecule has 0 spiro atoms. The van der Waals surface area contributed by atoms with Gasteiger partial charge in [-0.2, -0.15) is 0 Å². The van der Waals surface area contributed by atoms with Crippen molar-refractivity contribution in [3.05, 3.63) is 158 Å². The average molecular weight is 555 g/mol. The molecule has 0 unspecified atom stereocenters. The lowest BCUT2D eigenvalue weighted by atomic mass is 9.90. The molecule has 0 amide bonds. The lowest BCUT2D eigenvalue weighted by molar-refractivity contribution is 1.65. The van der Waals surface area contributed by atoms with Crippen molar-refractivity contribution in [2.24, 2.45) is 0 Å². The molecular formula is C44H26. The van der Waals surface area contributed by atoms with Gasteiger partial charge in [0.2, 0.25) is 0 Å². The van der Waals surface area contributed by atoms with Crippen LogP contribution in [0.15, 0.2) is 158 Å². The first-order valence-corrected chi connectivity index (χ1v) is 15.4. The molecule has 44 heavy (non-hydrogen) atoms. The van der Waals surface area contributed by atoms with Crippen molar-refractivity contribution in [3.8, 4) is 44.5 Å². The zero-order valence-electron chi connectivity index (χ0n) is 24.0. The number of hydrogen-bond acceptors (Lipinski definition) is 0. The van der Waals surface area contributed by atoms with Gasteiger partial charge in [-0.05, 0) is 104 Å². The van der Waals surface area contributed by atoms with Gasteiger partial charge >= 0.3 is 0 Å². The van der Waals surface area contributed by atoms with Crippen LogP contribution in [0, 0.1) is 0 Å². The van der Waals surface area contributed by atoms with Crippen molar-refractivity contribution in [2.75, 3.05) is 0 Å². The quantitative estimate of drug-likeness (QED) is 0.186. The first-order valence-electron chi connectivity index (χ1n) is 15.4. The fourth-order valence-corrected chi connectivity index (χ4v) is 7.83. The maximum Gasteiger partial charge on any atom is -0.00201 e. The normalized spacial score (nSPS) is 12.1. The van der Waals surface area contributed by atoms with Crippen LogP contribution in [-0.2, 0) is 0 Å². The van der Waals surface area contributed by atoms with Crippen LogP contribution in [0.2, 0.25) is 0 Å². The second-order valence-electron chi connectivity index (χ2n) is 12.0. The van der Waals surface area contributed by atoms with Crippen molar-refractivity contribution in [3.63, 3.8) is 0 Å². The first kappa shape index (κ1) is 23.8. The minimum Gasteiger partial charge on any atom is -0.0616 e. The molecule has 0 N–H and O–H groups in total. The Morgan fingerprint density at radius 1 is 0.227 bits per heavy atom. The van der Waals surface area contributed by atoms with Gasteiger partial charge in [0.05, 0.1) is 0 Å². The van der Waals surface area contributed by atoms with Crippen LogP contribution >= 0.6 is 0 Å². The number of benzene rings is 9. The molecular weight excluding hydrogens is 528 g/mol. The van der Waals surface area contributed by atoms with Crippen molar-refractivity contribution in [1.29, 1.82) is 0 Å². The van der Waals surface area contributed by atoms with Gasteiger partial charge in [-0.3, -0.25) is 0 Å². The number of hydrogen-bond donors (Lipinski definition) is 0. The highest BCUT2D eigenvalue weighted by atomic mass is 14.3. The molecule has 9 aromatic carbocycles. The van der Waals surface area contributed by atoms with Crippen molar-refractivity contribution in [2.45, 2.75) is 0 Å². The summed E-state index contributed by atoms with van der Waals surface area (Å²) in [5.74, 6) is 0. The molecule has 0 heteroatoms. The van der Waals surface area contributed by atoms with Gasteiger partial charge in [0.25, 0.3) is 0 Å². The molecule has 0 heterocycles. The molecule has 1 aliphatic rings. The van der Waals surface area contributed by atoms with Crippen molar-refractivity contribution < 1.29 is 0 Å². The van der Waals surface area contributed by atoms with Crippen LogP contribution in [0.25, 0.3) is 98.4 Å². The molecule has 0 radical (unpaired) electrons. The topological polar surface area (TPSA) is 0 Å². The van der Waals surface area contributed by atoms with Crippen LogP contribution in [0.5, 0.6) is 0 Å². The van der Waals surface area contributed by atoms with E-state index in [4.69, 9.17) is 0 Å². The van der Waals surface area contributed by atoms with E-state index in [1.807, 2.05) is 0 Å². The van der Waals surface area contributed by atoms with Crippen LogP contribution in [-0.4, -0.2) is 0 Å². The summed E-state index contributed by atoms with van der Waals surface area (Å²) in [5, 5.41) is 13.1. The molecule has 1 aliphatic carbocycles. The molecule has 10 rings (SSSR count). The third kappa shape index (κ3) is 3.23. The summed E-state index contributed by atoms with van der Waals surface area (Å²) in [4.78, 5) is 0. The minimum absolute atomic E-state index is 1.26. The highest BCUT2D eigenvalue weighted by Crippen LogP contribution is 2.51. The van der Waals surface area contributed by atoms with Gasteiger partial charge < -0.3 is 0 Å². The van der Waals surface area contributed by atoms with E-state index in [1.165, 1.54) is 98.4 Å². The Kier molecular flexibility index (Phi) is 4.81. The lowest BCUT2D eigenvalue weighted by Crippen LogP contribution is -1.86. The smallest absolute Gasteiger partial charge is 0.00201 e. The molecule has 0 nitrogen and oxygen atoms in total. The van der Waals surface area contributed by atoms with Crippen LogP contribution in [0.1, 0.15) is 0 Å². The Labute approximate surface area is 255 Å². The molecule has 0 bridgehead atoms. The van der Waals surface area contributed by atoms with Gasteiger partial charge in [0.15, 0.2) is 0 Å². The third-order valence-corrected chi connectivity index (χ3v) is 9.82. The Balaban J connectivity index is 1.17. The molecule has 0 saturated carbocycles. The molecule has 0 saturated heterocycles. The van der Waals surface area contributed by atoms with Crippen molar-refractivity contribution in [1.82, 2.24) is 0 Å². The fraction of sp³-hybridized carbons (Fsp3) is 0. The average Bonchev–Trinajstić information content (AvgIpc) is 3.42. The van der Waals surface area contributed by atoms with Gasteiger partial charge in [-0.15, -0.1) is 0 Å². The highest BCUT2D eigenvalue weighted by molar-refractivity contribution is 6.22. The van der Waals surface area contributed by atoms with Crippen LogP contribution in [0.4, 0.5) is 0 Å². The Morgan fingerprint density at radius 3 is 1.45 bits per heavy atom. The third-order valence-electron chi connectivity index (χ3n) is 9.82. The maximum atomic E-state index is 2.41. The van der Waals surface area contributed by atoms with E-state index in [0.29, 0.717) is 0 Å². The van der Waals surface area contributed by atoms with E-state index in [2.05, 4.69) is 158 Å². The zero-order valence-corrected chi connectivity index (χ0v) is 24.0. The fourth-order valence-electron chi connectivity index (χ4n) is 7.83. The van der Waals surface area contributed by atoms with E-state index in [1.54, 1.807) is 0 Å². The maximum absolute atomic E-state index is 2.41. The van der Waals surface area contributed by atoms with E-state index in [-0.39, 0.29) is 0 Å². The van der Waals surface area contributed by atoms with E-state index in [0.717, 1.165) is 0 Å². The Bertz CT molecular complexity index is 2650. The van der Waals surface area contributed by atoms with Gasteiger partial charge in [0.1, 0.15) is 0 Å². The summed E-state index contributed by atoms with van der Waals surface area (Å²) in [5.41, 5.74) is 10.4. The SMILES string of the molecule is c1ccc2c(c1)ccc1c(-c3ccc4c(c3)-c3cccc5c(-c6cccc7c6ccc6ccccc67)ccc-4c35)cccc12. The monoisotopic (exact) mass is 554 g/mol. The van der Waals surface area contributed by atoms with Crippen LogP contribution in [0.3, 0.4) is 0 Å². The van der Waals surface area contributed by atoms with Gasteiger partial charge in [-0.1, -0.05) is 152 Å². The van der Waals surface area contributed by atoms with Crippen LogP contribution < -0.4 is 0 Å². The number of rotatable bonds is 2. The van der Waals surface area contributed by atoms with Gasteiger partial charge in [-0.25, -0.2) is 0 Å². The summed E-state index contributed by atoms with van der Waals surface area (Å²) < 4.78 is 0.